The van der Waals surface area contributed by atoms with Crippen LogP contribution in [0.2, 0.25) is 0 Å². The maximum Gasteiger partial charge on any atom is 0.338 e. The van der Waals surface area contributed by atoms with Crippen LogP contribution in [0, 0.1) is 0 Å². The molecule has 0 aromatic heterocycles. The molecular weight excluding hydrogens is 696 g/mol. The summed E-state index contributed by atoms with van der Waals surface area (Å²) >= 11 is 0. The van der Waals surface area contributed by atoms with Crippen molar-refractivity contribution in [2.24, 2.45) is 0 Å². The number of carbonyl (C=O) groups is 1. The first-order valence-corrected chi connectivity index (χ1v) is 19.9. The quantitative estimate of drug-likeness (QED) is 0.0555. The van der Waals surface area contributed by atoms with Crippen LogP contribution in [0.5, 0.6) is 5.75 Å². The number of carbonyl (C=O) groups excluding carboxylic acids is 1. The summed E-state index contributed by atoms with van der Waals surface area (Å²) in [4.78, 5) is 11.8. The minimum absolute atomic E-state index is 0.202. The first kappa shape index (κ1) is 47.5. The molecule has 308 valence electrons. The largest absolute Gasteiger partial charge is 0.491 e. The molecule has 0 saturated heterocycles. The van der Waals surface area contributed by atoms with E-state index in [1.807, 2.05) is 6.07 Å². The fourth-order valence-corrected chi connectivity index (χ4v) is 4.97. The highest BCUT2D eigenvalue weighted by Crippen LogP contribution is 2.15. The van der Waals surface area contributed by atoms with E-state index in [1.54, 1.807) is 24.3 Å². The van der Waals surface area contributed by atoms with E-state index in [4.69, 9.17) is 52.1 Å². The van der Waals surface area contributed by atoms with E-state index in [0.717, 1.165) is 12.2 Å². The number of benzene rings is 2. The maximum atomic E-state index is 11.8. The molecule has 0 fully saturated rings. The van der Waals surface area contributed by atoms with Crippen molar-refractivity contribution in [3.05, 3.63) is 65.7 Å². The van der Waals surface area contributed by atoms with Crippen LogP contribution in [0.1, 0.15) is 67.8 Å². The average Bonchev–Trinajstić information content (AvgIpc) is 3.20. The smallest absolute Gasteiger partial charge is 0.338 e. The Kier molecular flexibility index (Phi) is 32.8. The third-order valence-corrected chi connectivity index (χ3v) is 7.94. The summed E-state index contributed by atoms with van der Waals surface area (Å²) in [7, 11) is 0. The lowest BCUT2D eigenvalue weighted by molar-refractivity contribution is -0.0262. The Morgan fingerprint density at radius 2 is 0.778 bits per heavy atom. The van der Waals surface area contributed by atoms with Crippen molar-refractivity contribution >= 4 is 5.97 Å². The predicted molar refractivity (Wildman–Crippen MR) is 208 cm³/mol. The Hall–Kier alpha value is -2.65. The van der Waals surface area contributed by atoms with Gasteiger partial charge >= 0.3 is 5.97 Å². The van der Waals surface area contributed by atoms with Gasteiger partial charge in [0, 0.05) is 0 Å². The zero-order valence-corrected chi connectivity index (χ0v) is 32.9. The molecule has 0 heterocycles. The highest BCUT2D eigenvalue weighted by Gasteiger charge is 2.05. The van der Waals surface area contributed by atoms with E-state index >= 15 is 0 Å². The molecule has 12 heteroatoms. The number of unbranched alkanes of at least 4 members (excludes halogenated alkanes) is 6. The molecule has 0 N–H and O–H groups in total. The topological polar surface area (TPSA) is 119 Å². The molecule has 2 rings (SSSR count). The number of aryl methyl sites for hydroxylation is 1. The average molecular weight is 765 g/mol. The summed E-state index contributed by atoms with van der Waals surface area (Å²) in [5, 5.41) is 0. The van der Waals surface area contributed by atoms with Crippen molar-refractivity contribution < 1.29 is 56.9 Å². The van der Waals surface area contributed by atoms with Crippen molar-refractivity contribution in [1.82, 2.24) is 0 Å². The van der Waals surface area contributed by atoms with Crippen molar-refractivity contribution in [2.45, 2.75) is 58.3 Å². The van der Waals surface area contributed by atoms with Gasteiger partial charge in [0.25, 0.3) is 0 Å². The van der Waals surface area contributed by atoms with Crippen LogP contribution < -0.4 is 4.74 Å². The standard InChI is InChI=1S/C42H68O12/c1-2-3-4-5-6-7-9-12-39-15-17-41(18-16-39)53-37-35-51-33-31-49-29-27-47-25-23-45-21-19-44-20-22-46-24-26-48-28-30-50-32-34-52-36-38-54-42(43)40-13-10-8-11-14-40/h8,10-11,13-18H,2-7,9,12,19-38H2,1H3. The van der Waals surface area contributed by atoms with Gasteiger partial charge in [-0.2, -0.15) is 0 Å². The lowest BCUT2D eigenvalue weighted by Gasteiger charge is -2.09. The first-order valence-electron chi connectivity index (χ1n) is 19.9. The van der Waals surface area contributed by atoms with E-state index in [-0.39, 0.29) is 12.6 Å². The normalized spacial score (nSPS) is 11.3. The van der Waals surface area contributed by atoms with Crippen LogP contribution in [0.3, 0.4) is 0 Å². The third kappa shape index (κ3) is 29.7. The highest BCUT2D eigenvalue weighted by atomic mass is 16.6. The third-order valence-electron chi connectivity index (χ3n) is 7.94. The Labute approximate surface area is 324 Å². The highest BCUT2D eigenvalue weighted by molar-refractivity contribution is 5.89. The van der Waals surface area contributed by atoms with Crippen LogP contribution >= 0.6 is 0 Å². The molecule has 2 aromatic carbocycles. The van der Waals surface area contributed by atoms with Gasteiger partial charge in [-0.15, -0.1) is 0 Å². The predicted octanol–water partition coefficient (Wildman–Crippen LogP) is 6.36. The molecule has 0 aliphatic carbocycles. The Morgan fingerprint density at radius 1 is 0.407 bits per heavy atom. The molecule has 54 heavy (non-hydrogen) atoms. The molecule has 0 saturated carbocycles. The molecule has 0 amide bonds. The zero-order chi connectivity index (χ0) is 38.3. The SMILES string of the molecule is CCCCCCCCCc1ccc(OCCOCCOCCOCCOCCOCCOCCOCCOCCOCCOC(=O)c2ccccc2)cc1. The number of rotatable bonds is 40. The van der Waals surface area contributed by atoms with Crippen LogP contribution in [-0.2, 0) is 53.8 Å². The molecule has 0 bridgehead atoms. The van der Waals surface area contributed by atoms with Crippen molar-refractivity contribution in [3.8, 4) is 5.75 Å². The summed E-state index contributed by atoms with van der Waals surface area (Å²) in [5.41, 5.74) is 1.90. The van der Waals surface area contributed by atoms with Gasteiger partial charge in [-0.25, -0.2) is 4.79 Å². The van der Waals surface area contributed by atoms with Crippen molar-refractivity contribution in [1.29, 1.82) is 0 Å². The van der Waals surface area contributed by atoms with Crippen molar-refractivity contribution in [3.63, 3.8) is 0 Å². The molecule has 2 aromatic rings. The van der Waals surface area contributed by atoms with Gasteiger partial charge in [-0.3, -0.25) is 0 Å². The van der Waals surface area contributed by atoms with Gasteiger partial charge in [0.15, 0.2) is 0 Å². The number of ether oxygens (including phenoxy) is 11. The summed E-state index contributed by atoms with van der Waals surface area (Å²) < 4.78 is 60.4. The van der Waals surface area contributed by atoms with Gasteiger partial charge in [0.2, 0.25) is 0 Å². The fraction of sp³-hybridized carbons (Fsp3) is 0.690. The summed E-state index contributed by atoms with van der Waals surface area (Å²) in [6.45, 7) is 11.7. The summed E-state index contributed by atoms with van der Waals surface area (Å²) in [5.74, 6) is 0.528. The fourth-order valence-electron chi connectivity index (χ4n) is 4.97. The first-order chi connectivity index (χ1) is 26.8. The molecular formula is C42H68O12. The Bertz CT molecular complexity index is 1070. The van der Waals surface area contributed by atoms with Gasteiger partial charge in [0.1, 0.15) is 19.0 Å². The van der Waals surface area contributed by atoms with E-state index in [2.05, 4.69) is 31.2 Å². The Balaban J connectivity index is 1.18. The second-order valence-electron chi connectivity index (χ2n) is 12.4. The van der Waals surface area contributed by atoms with Crippen LogP contribution in [-0.4, -0.2) is 138 Å². The minimum Gasteiger partial charge on any atom is -0.491 e. The summed E-state index contributed by atoms with van der Waals surface area (Å²) in [6, 6.07) is 17.3. The Morgan fingerprint density at radius 3 is 1.20 bits per heavy atom. The van der Waals surface area contributed by atoms with Gasteiger partial charge in [-0.1, -0.05) is 75.8 Å². The molecule has 0 aliphatic heterocycles. The van der Waals surface area contributed by atoms with E-state index in [0.29, 0.717) is 131 Å². The summed E-state index contributed by atoms with van der Waals surface area (Å²) in [6.07, 6.45) is 10.5. The van der Waals surface area contributed by atoms with Gasteiger partial charge in [-0.05, 0) is 42.7 Å². The molecule has 0 aliphatic rings. The molecule has 0 spiro atoms. The van der Waals surface area contributed by atoms with Crippen LogP contribution in [0.25, 0.3) is 0 Å². The number of hydrogen-bond acceptors (Lipinski definition) is 12. The number of esters is 1. The number of hydrogen-bond donors (Lipinski definition) is 0. The van der Waals surface area contributed by atoms with Crippen LogP contribution in [0.15, 0.2) is 54.6 Å². The molecule has 12 nitrogen and oxygen atoms in total. The van der Waals surface area contributed by atoms with Gasteiger partial charge < -0.3 is 52.1 Å². The lowest BCUT2D eigenvalue weighted by atomic mass is 10.0. The monoisotopic (exact) mass is 764 g/mol. The molecule has 0 atom stereocenters. The van der Waals surface area contributed by atoms with E-state index in [1.165, 1.54) is 50.5 Å². The maximum absolute atomic E-state index is 11.8. The lowest BCUT2D eigenvalue weighted by Crippen LogP contribution is -2.15. The second-order valence-corrected chi connectivity index (χ2v) is 12.4. The second kappa shape index (κ2) is 37.3. The molecule has 0 unspecified atom stereocenters. The zero-order valence-electron chi connectivity index (χ0n) is 32.9. The van der Waals surface area contributed by atoms with Crippen LogP contribution in [0.4, 0.5) is 0 Å². The van der Waals surface area contributed by atoms with Gasteiger partial charge in [0.05, 0.1) is 124 Å². The molecule has 0 radical (unpaired) electrons. The van der Waals surface area contributed by atoms with E-state index < -0.39 is 0 Å². The van der Waals surface area contributed by atoms with E-state index in [9.17, 15) is 4.79 Å². The van der Waals surface area contributed by atoms with Crippen molar-refractivity contribution in [2.75, 3.05) is 132 Å². The minimum atomic E-state index is -0.355.